The molecule has 4 nitrogen and oxygen atoms in total. The second kappa shape index (κ2) is 4.33. The normalized spacial score (nSPS) is 16.6. The third-order valence-corrected chi connectivity index (χ3v) is 3.12. The van der Waals surface area contributed by atoms with E-state index in [0.717, 1.165) is 31.0 Å². The van der Waals surface area contributed by atoms with E-state index in [1.165, 1.54) is 0 Å². The Kier molecular flexibility index (Phi) is 3.02. The van der Waals surface area contributed by atoms with E-state index in [4.69, 9.17) is 5.11 Å². The van der Waals surface area contributed by atoms with E-state index in [-0.39, 0.29) is 23.3 Å². The predicted molar refractivity (Wildman–Crippen MR) is 59.2 cm³/mol. The summed E-state index contributed by atoms with van der Waals surface area (Å²) in [5.41, 5.74) is -0.294. The molecule has 0 heterocycles. The van der Waals surface area contributed by atoms with Gasteiger partial charge in [-0.15, -0.1) is 0 Å². The lowest BCUT2D eigenvalue weighted by Gasteiger charge is -2.13. The molecule has 5 heteroatoms. The van der Waals surface area contributed by atoms with Crippen LogP contribution in [-0.4, -0.2) is 29.3 Å². The van der Waals surface area contributed by atoms with Crippen LogP contribution >= 0.6 is 0 Å². The first kappa shape index (κ1) is 11.9. The summed E-state index contributed by atoms with van der Waals surface area (Å²) < 4.78 is 12.9. The minimum Gasteiger partial charge on any atom is -0.507 e. The van der Waals surface area contributed by atoms with Crippen molar-refractivity contribution in [3.8, 4) is 5.75 Å². The third kappa shape index (κ3) is 2.55. The number of aliphatic hydroxyl groups excluding tert-OH is 1. The van der Waals surface area contributed by atoms with Crippen LogP contribution in [0.5, 0.6) is 5.75 Å². The molecule has 1 aromatic carbocycles. The summed E-state index contributed by atoms with van der Waals surface area (Å²) in [7, 11) is 0. The zero-order chi connectivity index (χ0) is 12.5. The predicted octanol–water partition coefficient (Wildman–Crippen LogP) is 1.03. The maximum Gasteiger partial charge on any atom is 0.255 e. The van der Waals surface area contributed by atoms with Crippen molar-refractivity contribution in [3.05, 3.63) is 29.6 Å². The van der Waals surface area contributed by atoms with E-state index in [0.29, 0.717) is 6.54 Å². The zero-order valence-corrected chi connectivity index (χ0v) is 9.24. The summed E-state index contributed by atoms with van der Waals surface area (Å²) in [4.78, 5) is 11.7. The number of rotatable bonds is 4. The molecule has 2 rings (SSSR count). The fraction of sp³-hybridized carbons (Fsp3) is 0.417. The molecule has 1 fully saturated rings. The van der Waals surface area contributed by atoms with Crippen LogP contribution in [0.15, 0.2) is 18.2 Å². The second-order valence-corrected chi connectivity index (χ2v) is 4.50. The number of aliphatic hydroxyl groups is 1. The van der Waals surface area contributed by atoms with Gasteiger partial charge in [0.05, 0.1) is 12.2 Å². The van der Waals surface area contributed by atoms with Crippen LogP contribution in [0.25, 0.3) is 0 Å². The van der Waals surface area contributed by atoms with Gasteiger partial charge in [0, 0.05) is 12.0 Å². The number of benzene rings is 1. The van der Waals surface area contributed by atoms with Crippen molar-refractivity contribution in [3.63, 3.8) is 0 Å². The molecule has 0 unspecified atom stereocenters. The van der Waals surface area contributed by atoms with E-state index in [2.05, 4.69) is 5.32 Å². The van der Waals surface area contributed by atoms with Gasteiger partial charge in [-0.1, -0.05) is 0 Å². The lowest BCUT2D eigenvalue weighted by atomic mass is 10.1. The lowest BCUT2D eigenvalue weighted by Crippen LogP contribution is -2.31. The highest BCUT2D eigenvalue weighted by molar-refractivity contribution is 5.96. The molecule has 3 N–H and O–H groups in total. The SMILES string of the molecule is O=C(NCC1(CO)CC1)c1cc(F)ccc1O. The average molecular weight is 239 g/mol. The number of halogens is 1. The minimum atomic E-state index is -0.573. The Morgan fingerprint density at radius 2 is 2.18 bits per heavy atom. The topological polar surface area (TPSA) is 69.6 Å². The van der Waals surface area contributed by atoms with Gasteiger partial charge < -0.3 is 15.5 Å². The van der Waals surface area contributed by atoms with Crippen molar-refractivity contribution in [2.75, 3.05) is 13.2 Å². The van der Waals surface area contributed by atoms with E-state index < -0.39 is 11.7 Å². The van der Waals surface area contributed by atoms with Crippen LogP contribution in [-0.2, 0) is 0 Å². The molecular weight excluding hydrogens is 225 g/mol. The van der Waals surface area contributed by atoms with Crippen molar-refractivity contribution in [2.24, 2.45) is 5.41 Å². The summed E-state index contributed by atoms with van der Waals surface area (Å²) in [5, 5.41) is 21.1. The van der Waals surface area contributed by atoms with Crippen LogP contribution in [0, 0.1) is 11.2 Å². The number of amides is 1. The summed E-state index contributed by atoms with van der Waals surface area (Å²) in [6, 6.07) is 3.22. The number of carbonyl (C=O) groups is 1. The Labute approximate surface area is 98.1 Å². The van der Waals surface area contributed by atoms with Gasteiger partial charge in [0.15, 0.2) is 0 Å². The average Bonchev–Trinajstić information content (AvgIpc) is 3.10. The number of phenols is 1. The van der Waals surface area contributed by atoms with E-state index >= 15 is 0 Å². The maximum atomic E-state index is 12.9. The largest absolute Gasteiger partial charge is 0.507 e. The summed E-state index contributed by atoms with van der Waals surface area (Å²) in [6.45, 7) is 0.376. The summed E-state index contributed by atoms with van der Waals surface area (Å²) >= 11 is 0. The van der Waals surface area contributed by atoms with Crippen molar-refractivity contribution in [1.82, 2.24) is 5.32 Å². The first-order valence-electron chi connectivity index (χ1n) is 5.44. The van der Waals surface area contributed by atoms with Crippen LogP contribution in [0.2, 0.25) is 0 Å². The van der Waals surface area contributed by atoms with E-state index in [1.54, 1.807) is 0 Å². The quantitative estimate of drug-likeness (QED) is 0.735. The van der Waals surface area contributed by atoms with Gasteiger partial charge in [0.25, 0.3) is 5.91 Å². The molecule has 1 aliphatic rings. The molecule has 0 spiro atoms. The van der Waals surface area contributed by atoms with Crippen molar-refractivity contribution >= 4 is 5.91 Å². The standard InChI is InChI=1S/C12H14FNO3/c13-8-1-2-10(16)9(5-8)11(17)14-6-12(7-15)3-4-12/h1-2,5,15-16H,3-4,6-7H2,(H,14,17). The van der Waals surface area contributed by atoms with Crippen LogP contribution in [0.4, 0.5) is 4.39 Å². The molecule has 17 heavy (non-hydrogen) atoms. The van der Waals surface area contributed by atoms with Gasteiger partial charge in [-0.05, 0) is 31.0 Å². The number of phenolic OH excluding ortho intramolecular Hbond substituents is 1. The minimum absolute atomic E-state index is 0.0302. The number of hydrogen-bond acceptors (Lipinski definition) is 3. The number of hydrogen-bond donors (Lipinski definition) is 3. The molecule has 0 aliphatic heterocycles. The molecule has 0 atom stereocenters. The van der Waals surface area contributed by atoms with Gasteiger partial charge in [0.1, 0.15) is 11.6 Å². The van der Waals surface area contributed by atoms with Gasteiger partial charge in [-0.25, -0.2) is 4.39 Å². The fourth-order valence-electron chi connectivity index (χ4n) is 1.62. The molecule has 0 saturated heterocycles. The fourth-order valence-corrected chi connectivity index (χ4v) is 1.62. The zero-order valence-electron chi connectivity index (χ0n) is 9.24. The van der Waals surface area contributed by atoms with Crippen molar-refractivity contribution in [1.29, 1.82) is 0 Å². The van der Waals surface area contributed by atoms with Gasteiger partial charge >= 0.3 is 0 Å². The monoisotopic (exact) mass is 239 g/mol. The highest BCUT2D eigenvalue weighted by Crippen LogP contribution is 2.44. The molecule has 0 radical (unpaired) electrons. The van der Waals surface area contributed by atoms with Crippen LogP contribution in [0.3, 0.4) is 0 Å². The Balaban J connectivity index is 2.02. The number of carbonyl (C=O) groups excluding carboxylic acids is 1. The lowest BCUT2D eigenvalue weighted by molar-refractivity contribution is 0.0932. The van der Waals surface area contributed by atoms with Crippen molar-refractivity contribution in [2.45, 2.75) is 12.8 Å². The molecule has 92 valence electrons. The third-order valence-electron chi connectivity index (χ3n) is 3.12. The number of nitrogens with one attached hydrogen (secondary N) is 1. The summed E-state index contributed by atoms with van der Waals surface area (Å²) in [5.74, 6) is -1.35. The molecule has 0 bridgehead atoms. The van der Waals surface area contributed by atoms with Crippen LogP contribution < -0.4 is 5.32 Å². The number of aromatic hydroxyl groups is 1. The highest BCUT2D eigenvalue weighted by atomic mass is 19.1. The molecule has 1 saturated carbocycles. The first-order valence-corrected chi connectivity index (χ1v) is 5.44. The van der Waals surface area contributed by atoms with Gasteiger partial charge in [0.2, 0.25) is 0 Å². The first-order chi connectivity index (χ1) is 8.06. The highest BCUT2D eigenvalue weighted by Gasteiger charge is 2.42. The smallest absolute Gasteiger partial charge is 0.255 e. The maximum absolute atomic E-state index is 12.9. The molecule has 1 aromatic rings. The van der Waals surface area contributed by atoms with E-state index in [9.17, 15) is 14.3 Å². The Morgan fingerprint density at radius 3 is 2.76 bits per heavy atom. The van der Waals surface area contributed by atoms with Crippen molar-refractivity contribution < 1.29 is 19.4 Å². The molecular formula is C12H14FNO3. The molecule has 0 aromatic heterocycles. The Morgan fingerprint density at radius 1 is 1.47 bits per heavy atom. The van der Waals surface area contributed by atoms with Crippen LogP contribution in [0.1, 0.15) is 23.2 Å². The Hall–Kier alpha value is -1.62. The van der Waals surface area contributed by atoms with Gasteiger partial charge in [-0.2, -0.15) is 0 Å². The summed E-state index contributed by atoms with van der Waals surface area (Å²) in [6.07, 6.45) is 1.75. The van der Waals surface area contributed by atoms with Gasteiger partial charge in [-0.3, -0.25) is 4.79 Å². The molecule has 1 amide bonds. The van der Waals surface area contributed by atoms with E-state index in [1.807, 2.05) is 0 Å². The second-order valence-electron chi connectivity index (χ2n) is 4.50. The molecule has 1 aliphatic carbocycles. The Bertz CT molecular complexity index is 443.